The molecule has 5 nitrogen and oxygen atoms in total. The van der Waals surface area contributed by atoms with Crippen LogP contribution in [-0.2, 0) is 11.2 Å². The third kappa shape index (κ3) is 2.96. The molecule has 2 aromatic rings. The van der Waals surface area contributed by atoms with Gasteiger partial charge in [-0.25, -0.2) is 0 Å². The summed E-state index contributed by atoms with van der Waals surface area (Å²) < 4.78 is 6.22. The molecule has 0 spiro atoms. The molecule has 0 saturated carbocycles. The summed E-state index contributed by atoms with van der Waals surface area (Å²) >= 11 is 3.29. The molecule has 0 fully saturated rings. The number of hydrogen-bond acceptors (Lipinski definition) is 3. The maximum absolute atomic E-state index is 12.1. The van der Waals surface area contributed by atoms with Gasteiger partial charge >= 0.3 is 0 Å². The largest absolute Gasteiger partial charge is 0.480 e. The minimum Gasteiger partial charge on any atom is -0.480 e. The van der Waals surface area contributed by atoms with Crippen molar-refractivity contribution in [1.82, 2.24) is 10.9 Å². The normalized spacial score (nSPS) is 15.6. The molecule has 2 N–H and O–H groups in total. The van der Waals surface area contributed by atoms with Gasteiger partial charge in [0, 0.05) is 10.9 Å². The van der Waals surface area contributed by atoms with Crippen LogP contribution in [0.1, 0.15) is 15.9 Å². The second-order valence-corrected chi connectivity index (χ2v) is 5.70. The average Bonchev–Trinajstić information content (AvgIpc) is 2.97. The zero-order valence-electron chi connectivity index (χ0n) is 11.5. The molecule has 1 aliphatic rings. The van der Waals surface area contributed by atoms with E-state index < -0.39 is 12.0 Å². The molecular weight excluding hydrogens is 348 g/mol. The molecule has 0 aromatic heterocycles. The Hall–Kier alpha value is -2.34. The van der Waals surface area contributed by atoms with Crippen molar-refractivity contribution in [2.75, 3.05) is 0 Å². The second-order valence-electron chi connectivity index (χ2n) is 4.84. The fourth-order valence-electron chi connectivity index (χ4n) is 2.24. The van der Waals surface area contributed by atoms with Crippen LogP contribution in [0.15, 0.2) is 53.0 Å². The van der Waals surface area contributed by atoms with Gasteiger partial charge in [0.15, 0.2) is 6.10 Å². The molecule has 3 rings (SSSR count). The minimum absolute atomic E-state index is 0.378. The number of carbonyl (C=O) groups is 2. The number of para-hydroxylation sites is 1. The fourth-order valence-corrected chi connectivity index (χ4v) is 2.70. The smallest absolute Gasteiger partial charge is 0.279 e. The highest BCUT2D eigenvalue weighted by atomic mass is 79.9. The van der Waals surface area contributed by atoms with Gasteiger partial charge in [0.25, 0.3) is 11.8 Å². The van der Waals surface area contributed by atoms with E-state index in [1.54, 1.807) is 18.2 Å². The van der Waals surface area contributed by atoms with Crippen molar-refractivity contribution < 1.29 is 14.3 Å². The van der Waals surface area contributed by atoms with Crippen molar-refractivity contribution in [2.45, 2.75) is 12.5 Å². The first-order chi connectivity index (χ1) is 10.6. The number of hydrogen-bond donors (Lipinski definition) is 2. The van der Waals surface area contributed by atoms with Crippen molar-refractivity contribution in [3.8, 4) is 5.75 Å². The van der Waals surface area contributed by atoms with Gasteiger partial charge in [-0.05, 0) is 39.7 Å². The van der Waals surface area contributed by atoms with Crippen LogP contribution in [0, 0.1) is 0 Å². The Labute approximate surface area is 135 Å². The number of rotatable bonds is 2. The first-order valence-corrected chi connectivity index (χ1v) is 7.54. The van der Waals surface area contributed by atoms with Crippen LogP contribution >= 0.6 is 15.9 Å². The van der Waals surface area contributed by atoms with E-state index in [9.17, 15) is 9.59 Å². The number of ether oxygens (including phenoxy) is 1. The van der Waals surface area contributed by atoms with Crippen LogP contribution in [0.5, 0.6) is 5.75 Å². The van der Waals surface area contributed by atoms with Crippen molar-refractivity contribution >= 4 is 27.7 Å². The molecule has 0 bridgehead atoms. The first-order valence-electron chi connectivity index (χ1n) is 6.74. The van der Waals surface area contributed by atoms with E-state index in [4.69, 9.17) is 4.74 Å². The average molecular weight is 361 g/mol. The summed E-state index contributed by atoms with van der Waals surface area (Å²) in [5, 5.41) is 0. The van der Waals surface area contributed by atoms with E-state index in [0.29, 0.717) is 22.2 Å². The highest BCUT2D eigenvalue weighted by Gasteiger charge is 2.29. The maximum atomic E-state index is 12.1. The minimum atomic E-state index is -0.628. The van der Waals surface area contributed by atoms with Gasteiger partial charge in [-0.1, -0.05) is 30.3 Å². The first kappa shape index (κ1) is 14.6. The Balaban J connectivity index is 1.58. The van der Waals surface area contributed by atoms with Crippen LogP contribution < -0.4 is 15.6 Å². The molecule has 1 aliphatic heterocycles. The summed E-state index contributed by atoms with van der Waals surface area (Å²) in [5.41, 5.74) is 6.22. The molecule has 0 unspecified atom stereocenters. The number of carbonyl (C=O) groups excluding carboxylic acids is 2. The Morgan fingerprint density at radius 2 is 1.77 bits per heavy atom. The zero-order valence-corrected chi connectivity index (χ0v) is 13.1. The molecule has 22 heavy (non-hydrogen) atoms. The summed E-state index contributed by atoms with van der Waals surface area (Å²) in [6, 6.07) is 14.5. The number of nitrogens with one attached hydrogen (secondary N) is 2. The predicted octanol–water partition coefficient (Wildman–Crippen LogP) is 2.21. The van der Waals surface area contributed by atoms with Crippen molar-refractivity contribution in [2.24, 2.45) is 0 Å². The standard InChI is InChI=1S/C16H13BrN2O3/c17-12-7-3-2-6-11(12)15(20)18-19-16(21)14-9-10-5-1-4-8-13(10)22-14/h1-8,14H,9H2,(H,18,20)(H,19,21)/t14-/m0/s1. The molecule has 2 amide bonds. The SMILES string of the molecule is O=C(NNC(=O)[C@@H]1Cc2ccccc2O1)c1ccccc1Br. The number of amides is 2. The molecule has 0 aliphatic carbocycles. The third-order valence-electron chi connectivity index (χ3n) is 3.36. The molecule has 112 valence electrons. The number of fused-ring (bicyclic) bond motifs is 1. The van der Waals surface area contributed by atoms with Crippen LogP contribution in [0.2, 0.25) is 0 Å². The van der Waals surface area contributed by atoms with E-state index >= 15 is 0 Å². The molecule has 6 heteroatoms. The maximum Gasteiger partial charge on any atom is 0.279 e. The van der Waals surface area contributed by atoms with Crippen molar-refractivity contribution in [3.05, 3.63) is 64.1 Å². The molecule has 1 atom stereocenters. The van der Waals surface area contributed by atoms with Gasteiger partial charge < -0.3 is 4.74 Å². The van der Waals surface area contributed by atoms with E-state index in [1.807, 2.05) is 30.3 Å². The quantitative estimate of drug-likeness (QED) is 0.806. The topological polar surface area (TPSA) is 67.4 Å². The highest BCUT2D eigenvalue weighted by Crippen LogP contribution is 2.28. The lowest BCUT2D eigenvalue weighted by Gasteiger charge is -2.12. The van der Waals surface area contributed by atoms with Gasteiger partial charge in [-0.15, -0.1) is 0 Å². The van der Waals surface area contributed by atoms with Crippen molar-refractivity contribution in [1.29, 1.82) is 0 Å². The van der Waals surface area contributed by atoms with E-state index in [2.05, 4.69) is 26.8 Å². The number of benzene rings is 2. The lowest BCUT2D eigenvalue weighted by atomic mass is 10.1. The molecule has 1 heterocycles. The van der Waals surface area contributed by atoms with Gasteiger partial charge in [0.1, 0.15) is 5.75 Å². The van der Waals surface area contributed by atoms with Gasteiger partial charge in [-0.2, -0.15) is 0 Å². The summed E-state index contributed by atoms with van der Waals surface area (Å²) in [4.78, 5) is 24.1. The van der Waals surface area contributed by atoms with Crippen LogP contribution in [0.25, 0.3) is 0 Å². The van der Waals surface area contributed by atoms with Gasteiger partial charge in [-0.3, -0.25) is 20.4 Å². The second kappa shape index (κ2) is 6.19. The van der Waals surface area contributed by atoms with Gasteiger partial charge in [0.05, 0.1) is 5.56 Å². The monoisotopic (exact) mass is 360 g/mol. The van der Waals surface area contributed by atoms with Crippen LogP contribution in [0.4, 0.5) is 0 Å². The van der Waals surface area contributed by atoms with E-state index in [1.165, 1.54) is 0 Å². The predicted molar refractivity (Wildman–Crippen MR) is 84.3 cm³/mol. The molecule has 0 saturated heterocycles. The Kier molecular flexibility index (Phi) is 4.11. The molecular formula is C16H13BrN2O3. The van der Waals surface area contributed by atoms with Crippen LogP contribution in [-0.4, -0.2) is 17.9 Å². The summed E-state index contributed by atoms with van der Waals surface area (Å²) in [6.45, 7) is 0. The Morgan fingerprint density at radius 3 is 2.55 bits per heavy atom. The third-order valence-corrected chi connectivity index (χ3v) is 4.05. The van der Waals surface area contributed by atoms with Gasteiger partial charge in [0.2, 0.25) is 0 Å². The summed E-state index contributed by atoms with van der Waals surface area (Å²) in [5.74, 6) is -0.0623. The molecule has 2 aromatic carbocycles. The lowest BCUT2D eigenvalue weighted by molar-refractivity contribution is -0.128. The number of halogens is 1. The highest BCUT2D eigenvalue weighted by molar-refractivity contribution is 9.10. The Bertz CT molecular complexity index is 708. The van der Waals surface area contributed by atoms with E-state index in [-0.39, 0.29) is 5.91 Å². The molecule has 0 radical (unpaired) electrons. The lowest BCUT2D eigenvalue weighted by Crippen LogP contribution is -2.47. The zero-order chi connectivity index (χ0) is 15.5. The summed E-state index contributed by atoms with van der Waals surface area (Å²) in [6.07, 6.45) is -0.135. The Morgan fingerprint density at radius 1 is 1.05 bits per heavy atom. The fraction of sp³-hybridized carbons (Fsp3) is 0.125. The van der Waals surface area contributed by atoms with Crippen LogP contribution in [0.3, 0.4) is 0 Å². The number of hydrazine groups is 1. The van der Waals surface area contributed by atoms with E-state index in [0.717, 1.165) is 5.56 Å². The summed E-state index contributed by atoms with van der Waals surface area (Å²) in [7, 11) is 0. The van der Waals surface area contributed by atoms with Crippen molar-refractivity contribution in [3.63, 3.8) is 0 Å².